The van der Waals surface area contributed by atoms with Gasteiger partial charge in [-0.3, -0.25) is 0 Å². The van der Waals surface area contributed by atoms with Crippen molar-refractivity contribution in [2.75, 3.05) is 0 Å². The lowest BCUT2D eigenvalue weighted by molar-refractivity contribution is -0.0252. The molecule has 1 heterocycles. The average molecular weight is 264 g/mol. The largest absolute Gasteiger partial charge is 0.487 e. The highest BCUT2D eigenvalue weighted by atomic mass is 19.1. The molecule has 0 amide bonds. The van der Waals surface area contributed by atoms with E-state index in [0.717, 1.165) is 31.2 Å². The first kappa shape index (κ1) is 12.9. The van der Waals surface area contributed by atoms with Crippen molar-refractivity contribution < 1.29 is 14.2 Å². The molecule has 1 aliphatic carbocycles. The third-order valence-corrected chi connectivity index (χ3v) is 4.65. The van der Waals surface area contributed by atoms with Crippen molar-refractivity contribution in [1.29, 1.82) is 0 Å². The number of rotatable bonds is 0. The standard InChI is InChI=1S/C16H21FO2/c1-11-3-2-7-16(8-6-11)10-14(18)13-5-4-12(17)9-15(13)19-16/h4-5,9,11,14,18H,2-3,6-8,10H2,1H3. The molecule has 3 heteroatoms. The normalized spacial score (nSPS) is 34.5. The van der Waals surface area contributed by atoms with Crippen LogP contribution in [0.25, 0.3) is 0 Å². The Kier molecular flexibility index (Phi) is 3.25. The molecule has 1 aliphatic heterocycles. The summed E-state index contributed by atoms with van der Waals surface area (Å²) >= 11 is 0. The second-order valence-electron chi connectivity index (χ2n) is 6.22. The Labute approximate surface area is 113 Å². The summed E-state index contributed by atoms with van der Waals surface area (Å²) < 4.78 is 19.5. The minimum absolute atomic E-state index is 0.287. The summed E-state index contributed by atoms with van der Waals surface area (Å²) in [7, 11) is 0. The fourth-order valence-electron chi connectivity index (χ4n) is 3.47. The Bertz CT molecular complexity index is 474. The number of aliphatic hydroxyl groups is 1. The first-order chi connectivity index (χ1) is 9.08. The van der Waals surface area contributed by atoms with Crippen molar-refractivity contribution in [3.63, 3.8) is 0 Å². The third-order valence-electron chi connectivity index (χ3n) is 4.65. The second kappa shape index (κ2) is 4.78. The number of ether oxygens (including phenoxy) is 1. The van der Waals surface area contributed by atoms with Crippen LogP contribution in [0.15, 0.2) is 18.2 Å². The van der Waals surface area contributed by atoms with Gasteiger partial charge in [0.05, 0.1) is 6.10 Å². The maximum absolute atomic E-state index is 13.4. The molecule has 2 aliphatic rings. The van der Waals surface area contributed by atoms with Crippen molar-refractivity contribution >= 4 is 0 Å². The quantitative estimate of drug-likeness (QED) is 0.768. The van der Waals surface area contributed by atoms with Gasteiger partial charge in [-0.25, -0.2) is 4.39 Å². The smallest absolute Gasteiger partial charge is 0.128 e. The van der Waals surface area contributed by atoms with Crippen LogP contribution in [0.5, 0.6) is 5.75 Å². The lowest BCUT2D eigenvalue weighted by Crippen LogP contribution is -2.40. The van der Waals surface area contributed by atoms with Gasteiger partial charge in [0.25, 0.3) is 0 Å². The predicted octanol–water partition coefficient (Wildman–Crippen LogP) is 3.98. The summed E-state index contributed by atoms with van der Waals surface area (Å²) in [6.07, 6.45) is 5.49. The van der Waals surface area contributed by atoms with E-state index in [1.54, 1.807) is 6.07 Å². The zero-order chi connectivity index (χ0) is 13.5. The summed E-state index contributed by atoms with van der Waals surface area (Å²) in [6.45, 7) is 2.27. The summed E-state index contributed by atoms with van der Waals surface area (Å²) in [5.74, 6) is 0.951. The van der Waals surface area contributed by atoms with Crippen LogP contribution in [0, 0.1) is 11.7 Å². The third kappa shape index (κ3) is 2.48. The second-order valence-corrected chi connectivity index (χ2v) is 6.22. The Hall–Kier alpha value is -1.09. The van der Waals surface area contributed by atoms with E-state index in [0.29, 0.717) is 18.1 Å². The Balaban J connectivity index is 1.90. The van der Waals surface area contributed by atoms with Gasteiger partial charge >= 0.3 is 0 Å². The molecular weight excluding hydrogens is 243 g/mol. The number of aliphatic hydroxyl groups excluding tert-OH is 1. The molecule has 104 valence electrons. The summed E-state index contributed by atoms with van der Waals surface area (Å²) in [5.41, 5.74) is 0.439. The highest BCUT2D eigenvalue weighted by molar-refractivity contribution is 5.38. The molecular formula is C16H21FO2. The molecule has 0 radical (unpaired) electrons. The highest BCUT2D eigenvalue weighted by Gasteiger charge is 2.41. The molecule has 3 rings (SSSR count). The van der Waals surface area contributed by atoms with E-state index in [9.17, 15) is 9.50 Å². The van der Waals surface area contributed by atoms with E-state index in [4.69, 9.17) is 4.74 Å². The van der Waals surface area contributed by atoms with Crippen LogP contribution in [0.3, 0.4) is 0 Å². The van der Waals surface area contributed by atoms with E-state index in [1.165, 1.54) is 18.6 Å². The van der Waals surface area contributed by atoms with Crippen LogP contribution in [0.1, 0.15) is 57.1 Å². The zero-order valence-electron chi connectivity index (χ0n) is 11.4. The lowest BCUT2D eigenvalue weighted by Gasteiger charge is -2.40. The fourth-order valence-corrected chi connectivity index (χ4v) is 3.47. The maximum Gasteiger partial charge on any atom is 0.128 e. The molecule has 0 saturated heterocycles. The van der Waals surface area contributed by atoms with Crippen molar-refractivity contribution in [3.8, 4) is 5.75 Å². The number of fused-ring (bicyclic) bond motifs is 1. The van der Waals surface area contributed by atoms with Gasteiger partial charge in [0.1, 0.15) is 17.2 Å². The molecule has 3 unspecified atom stereocenters. The molecule has 0 bridgehead atoms. The van der Waals surface area contributed by atoms with Crippen molar-refractivity contribution in [3.05, 3.63) is 29.6 Å². The summed E-state index contributed by atoms with van der Waals surface area (Å²) in [6, 6.07) is 4.44. The molecule has 1 aromatic carbocycles. The van der Waals surface area contributed by atoms with Gasteiger partial charge in [-0.15, -0.1) is 0 Å². The molecule has 0 aromatic heterocycles. The van der Waals surface area contributed by atoms with E-state index < -0.39 is 6.10 Å². The van der Waals surface area contributed by atoms with Crippen LogP contribution < -0.4 is 4.74 Å². The first-order valence-electron chi connectivity index (χ1n) is 7.24. The van der Waals surface area contributed by atoms with Crippen molar-refractivity contribution in [1.82, 2.24) is 0 Å². The minimum atomic E-state index is -0.530. The molecule has 1 spiro atoms. The van der Waals surface area contributed by atoms with E-state index >= 15 is 0 Å². The Morgan fingerprint density at radius 2 is 2.16 bits per heavy atom. The van der Waals surface area contributed by atoms with E-state index in [2.05, 4.69) is 6.92 Å². The van der Waals surface area contributed by atoms with Crippen LogP contribution in [-0.2, 0) is 0 Å². The molecule has 1 saturated carbocycles. The van der Waals surface area contributed by atoms with Crippen molar-refractivity contribution in [2.24, 2.45) is 5.92 Å². The molecule has 1 N–H and O–H groups in total. The van der Waals surface area contributed by atoms with E-state index in [1.807, 2.05) is 0 Å². The summed E-state index contributed by atoms with van der Waals surface area (Å²) in [4.78, 5) is 0. The monoisotopic (exact) mass is 264 g/mol. The van der Waals surface area contributed by atoms with Crippen LogP contribution >= 0.6 is 0 Å². The molecule has 1 aromatic rings. The average Bonchev–Trinajstić information content (AvgIpc) is 2.52. The Morgan fingerprint density at radius 1 is 1.32 bits per heavy atom. The van der Waals surface area contributed by atoms with Crippen LogP contribution in [0.2, 0.25) is 0 Å². The van der Waals surface area contributed by atoms with Gasteiger partial charge in [-0.1, -0.05) is 13.3 Å². The van der Waals surface area contributed by atoms with Crippen LogP contribution in [-0.4, -0.2) is 10.7 Å². The van der Waals surface area contributed by atoms with E-state index in [-0.39, 0.29) is 11.4 Å². The molecule has 1 fully saturated rings. The number of halogens is 1. The van der Waals surface area contributed by atoms with Gasteiger partial charge < -0.3 is 9.84 Å². The molecule has 3 atom stereocenters. The fraction of sp³-hybridized carbons (Fsp3) is 0.625. The van der Waals surface area contributed by atoms with Gasteiger partial charge in [0.15, 0.2) is 0 Å². The highest BCUT2D eigenvalue weighted by Crippen LogP contribution is 2.46. The SMILES string of the molecule is CC1CCCC2(CC1)CC(O)c1ccc(F)cc1O2. The van der Waals surface area contributed by atoms with Gasteiger partial charge in [-0.05, 0) is 43.7 Å². The first-order valence-corrected chi connectivity index (χ1v) is 7.24. The number of benzene rings is 1. The van der Waals surface area contributed by atoms with Gasteiger partial charge in [0.2, 0.25) is 0 Å². The zero-order valence-corrected chi connectivity index (χ0v) is 11.4. The van der Waals surface area contributed by atoms with Gasteiger partial charge in [-0.2, -0.15) is 0 Å². The number of hydrogen-bond acceptors (Lipinski definition) is 2. The Morgan fingerprint density at radius 3 is 3.00 bits per heavy atom. The molecule has 2 nitrogen and oxygen atoms in total. The van der Waals surface area contributed by atoms with Crippen LogP contribution in [0.4, 0.5) is 4.39 Å². The predicted molar refractivity (Wildman–Crippen MR) is 71.6 cm³/mol. The van der Waals surface area contributed by atoms with Gasteiger partial charge in [0, 0.05) is 18.1 Å². The minimum Gasteiger partial charge on any atom is -0.487 e. The lowest BCUT2D eigenvalue weighted by atomic mass is 9.83. The summed E-state index contributed by atoms with van der Waals surface area (Å²) in [5, 5.41) is 10.3. The van der Waals surface area contributed by atoms with Crippen molar-refractivity contribution in [2.45, 2.75) is 57.2 Å². The molecule has 19 heavy (non-hydrogen) atoms. The number of hydrogen-bond donors (Lipinski definition) is 1. The topological polar surface area (TPSA) is 29.5 Å². The maximum atomic E-state index is 13.4.